The second-order valence-electron chi connectivity index (χ2n) is 5.73. The molecule has 1 aromatic heterocycles. The summed E-state index contributed by atoms with van der Waals surface area (Å²) in [7, 11) is -3.49. The van der Waals surface area contributed by atoms with Crippen molar-refractivity contribution < 1.29 is 17.8 Å². The highest BCUT2D eigenvalue weighted by atomic mass is 79.9. The lowest BCUT2D eigenvalue weighted by Gasteiger charge is -2.23. The van der Waals surface area contributed by atoms with E-state index in [0.717, 1.165) is 4.57 Å². The van der Waals surface area contributed by atoms with E-state index in [1.807, 2.05) is 0 Å². The molecule has 0 amide bonds. The minimum Gasteiger partial charge on any atom is -0.310 e. The summed E-state index contributed by atoms with van der Waals surface area (Å²) in [6.45, 7) is 0. The molecule has 0 bridgehead atoms. The highest BCUT2D eigenvalue weighted by Crippen LogP contribution is 2.44. The largest absolute Gasteiger partial charge is 0.310 e. The van der Waals surface area contributed by atoms with Crippen LogP contribution in [0.15, 0.2) is 50.6 Å². The topological polar surface area (TPSA) is 93.4 Å². The van der Waals surface area contributed by atoms with Crippen LogP contribution in [0.1, 0.15) is 15.9 Å². The molecule has 25 heavy (non-hydrogen) atoms. The highest BCUT2D eigenvalue weighted by molar-refractivity contribution is 9.10. The zero-order chi connectivity index (χ0) is 18.1. The van der Waals surface area contributed by atoms with Gasteiger partial charge < -0.3 is 4.57 Å². The maximum Gasteiger partial charge on any atom is 0.300 e. The van der Waals surface area contributed by atoms with E-state index in [1.54, 1.807) is 36.4 Å². The van der Waals surface area contributed by atoms with E-state index >= 15 is 0 Å². The van der Waals surface area contributed by atoms with Crippen LogP contribution in [0.25, 0.3) is 22.0 Å². The van der Waals surface area contributed by atoms with Crippen molar-refractivity contribution in [1.29, 1.82) is 0 Å². The van der Waals surface area contributed by atoms with Gasteiger partial charge in [-0.25, -0.2) is 0 Å². The van der Waals surface area contributed by atoms with Gasteiger partial charge in [0.15, 0.2) is 10.7 Å². The Balaban J connectivity index is 2.42. The van der Waals surface area contributed by atoms with Crippen LogP contribution in [0.2, 0.25) is 0 Å². The summed E-state index contributed by atoms with van der Waals surface area (Å²) >= 11 is 3.44. The highest BCUT2D eigenvalue weighted by Gasteiger charge is 2.35. The van der Waals surface area contributed by atoms with Gasteiger partial charge in [0.1, 0.15) is 0 Å². The van der Waals surface area contributed by atoms with Crippen LogP contribution >= 0.6 is 15.9 Å². The Hall–Kier alpha value is -2.29. The maximum absolute atomic E-state index is 13.0. The van der Waals surface area contributed by atoms with Gasteiger partial charge in [0.2, 0.25) is 0 Å². The van der Waals surface area contributed by atoms with Gasteiger partial charge in [-0.05, 0) is 17.7 Å². The first kappa shape index (κ1) is 16.2. The number of fused-ring (bicyclic) bond motifs is 2. The molecular formula is C17H10BrNO5S. The molecule has 0 unspecified atom stereocenters. The zero-order valence-corrected chi connectivity index (χ0v) is 15.2. The fourth-order valence-corrected chi connectivity index (χ4v) is 4.69. The van der Waals surface area contributed by atoms with E-state index in [1.165, 1.54) is 7.05 Å². The monoisotopic (exact) mass is 419 g/mol. The summed E-state index contributed by atoms with van der Waals surface area (Å²) in [5, 5.41) is 0.327. The molecule has 126 valence electrons. The Kier molecular flexibility index (Phi) is 3.31. The SMILES string of the molecule is Cn1c(=O)c(S(=O)(=O)O)c2c3c(c(Br)ccc31)-c1ccccc1C2=O. The van der Waals surface area contributed by atoms with Crippen molar-refractivity contribution in [1.82, 2.24) is 4.57 Å². The molecule has 0 saturated carbocycles. The van der Waals surface area contributed by atoms with Gasteiger partial charge in [-0.15, -0.1) is 0 Å². The molecule has 1 N–H and O–H groups in total. The summed E-state index contributed by atoms with van der Waals surface area (Å²) in [5.74, 6) is -0.600. The summed E-state index contributed by atoms with van der Waals surface area (Å²) in [6, 6.07) is 10.1. The average Bonchev–Trinajstić information content (AvgIpc) is 2.55. The molecule has 0 saturated heterocycles. The number of nitrogens with zero attached hydrogens (tertiary/aromatic N) is 1. The molecular weight excluding hydrogens is 410 g/mol. The van der Waals surface area contributed by atoms with Gasteiger partial charge in [0, 0.05) is 28.0 Å². The van der Waals surface area contributed by atoms with Gasteiger partial charge in [0.25, 0.3) is 5.56 Å². The molecule has 1 aliphatic rings. The fourth-order valence-electron chi connectivity index (χ4n) is 3.33. The molecule has 8 heteroatoms. The number of aromatic nitrogens is 1. The van der Waals surface area contributed by atoms with E-state index in [2.05, 4.69) is 15.9 Å². The van der Waals surface area contributed by atoms with Gasteiger partial charge in [-0.1, -0.05) is 40.2 Å². The molecule has 0 radical (unpaired) electrons. The van der Waals surface area contributed by atoms with Crippen molar-refractivity contribution >= 4 is 42.7 Å². The number of aryl methyl sites for hydroxylation is 1. The Morgan fingerprint density at radius 3 is 2.28 bits per heavy atom. The minimum atomic E-state index is -4.89. The lowest BCUT2D eigenvalue weighted by molar-refractivity contribution is 0.103. The van der Waals surface area contributed by atoms with Crippen LogP contribution in [0.3, 0.4) is 0 Å². The third-order valence-corrected chi connectivity index (χ3v) is 5.95. The first-order valence-electron chi connectivity index (χ1n) is 7.20. The molecule has 4 rings (SSSR count). The van der Waals surface area contributed by atoms with Crippen LogP contribution in [0.5, 0.6) is 0 Å². The Morgan fingerprint density at radius 2 is 1.64 bits per heavy atom. The standard InChI is InChI=1S/C17H10BrNO5S/c1-19-11-7-6-10(18)12-8-4-2-3-5-9(8)15(20)14(13(11)12)16(17(19)21)25(22,23)24/h2-7H,1H3,(H,22,23,24). The van der Waals surface area contributed by atoms with E-state index < -0.39 is 26.4 Å². The third kappa shape index (κ3) is 2.08. The number of halogens is 1. The number of rotatable bonds is 1. The number of carbonyl (C=O) groups excluding carboxylic acids is 1. The maximum atomic E-state index is 13.0. The zero-order valence-electron chi connectivity index (χ0n) is 12.8. The Morgan fingerprint density at radius 1 is 1.00 bits per heavy atom. The molecule has 0 aliphatic heterocycles. The van der Waals surface area contributed by atoms with E-state index in [-0.39, 0.29) is 11.1 Å². The van der Waals surface area contributed by atoms with Crippen molar-refractivity contribution in [2.45, 2.75) is 4.90 Å². The molecule has 0 atom stereocenters. The number of hydrogen-bond acceptors (Lipinski definition) is 4. The van der Waals surface area contributed by atoms with Crippen molar-refractivity contribution in [3.8, 4) is 11.1 Å². The number of carbonyl (C=O) groups is 1. The molecule has 1 aliphatic carbocycles. The number of benzene rings is 2. The van der Waals surface area contributed by atoms with Gasteiger partial charge in [0.05, 0.1) is 11.1 Å². The lowest BCUT2D eigenvalue weighted by Crippen LogP contribution is -2.29. The van der Waals surface area contributed by atoms with Crippen LogP contribution in [-0.4, -0.2) is 23.3 Å². The van der Waals surface area contributed by atoms with Gasteiger partial charge >= 0.3 is 10.1 Å². The fraction of sp³-hybridized carbons (Fsp3) is 0.0588. The average molecular weight is 420 g/mol. The van der Waals surface area contributed by atoms with Crippen molar-refractivity contribution in [3.63, 3.8) is 0 Å². The van der Waals surface area contributed by atoms with Crippen LogP contribution in [0.4, 0.5) is 0 Å². The van der Waals surface area contributed by atoms with Crippen molar-refractivity contribution in [2.24, 2.45) is 7.05 Å². The van der Waals surface area contributed by atoms with Crippen molar-refractivity contribution in [3.05, 3.63) is 62.4 Å². The van der Waals surface area contributed by atoms with E-state index in [0.29, 0.717) is 26.5 Å². The normalized spacial score (nSPS) is 13.2. The molecule has 0 spiro atoms. The Bertz CT molecular complexity index is 1270. The predicted octanol–water partition coefficient (Wildman–Crippen LogP) is 2.76. The van der Waals surface area contributed by atoms with E-state index in [9.17, 15) is 22.6 Å². The molecule has 0 fully saturated rings. The van der Waals surface area contributed by atoms with Gasteiger partial charge in [-0.2, -0.15) is 8.42 Å². The van der Waals surface area contributed by atoms with Crippen molar-refractivity contribution in [2.75, 3.05) is 0 Å². The van der Waals surface area contributed by atoms with Crippen LogP contribution in [0, 0.1) is 0 Å². The first-order valence-corrected chi connectivity index (χ1v) is 9.43. The van der Waals surface area contributed by atoms with E-state index in [4.69, 9.17) is 0 Å². The molecule has 2 aromatic carbocycles. The predicted molar refractivity (Wildman–Crippen MR) is 95.6 cm³/mol. The number of ketones is 1. The first-order chi connectivity index (χ1) is 11.7. The lowest BCUT2D eigenvalue weighted by atomic mass is 9.84. The summed E-state index contributed by atoms with van der Waals surface area (Å²) in [4.78, 5) is 24.7. The van der Waals surface area contributed by atoms with Crippen LogP contribution in [-0.2, 0) is 17.2 Å². The molecule has 6 nitrogen and oxygen atoms in total. The molecule has 3 aromatic rings. The second-order valence-corrected chi connectivity index (χ2v) is 7.95. The van der Waals surface area contributed by atoms with Gasteiger partial charge in [-0.3, -0.25) is 14.1 Å². The Labute approximate surface area is 150 Å². The summed E-state index contributed by atoms with van der Waals surface area (Å²) < 4.78 is 35.2. The molecule has 1 heterocycles. The number of pyridine rings is 1. The smallest absolute Gasteiger partial charge is 0.300 e. The number of hydrogen-bond donors (Lipinski definition) is 1. The second kappa shape index (κ2) is 5.10. The summed E-state index contributed by atoms with van der Waals surface area (Å²) in [5.41, 5.74) is 0.719. The minimum absolute atomic E-state index is 0.279. The van der Waals surface area contributed by atoms with Crippen LogP contribution < -0.4 is 5.56 Å². The summed E-state index contributed by atoms with van der Waals surface area (Å²) in [6.07, 6.45) is 0. The third-order valence-electron chi connectivity index (χ3n) is 4.40. The quantitative estimate of drug-likeness (QED) is 0.478.